The van der Waals surface area contributed by atoms with Gasteiger partial charge in [-0.3, -0.25) is 4.79 Å². The van der Waals surface area contributed by atoms with Crippen molar-refractivity contribution in [2.75, 3.05) is 5.32 Å². The van der Waals surface area contributed by atoms with Crippen molar-refractivity contribution in [1.29, 1.82) is 0 Å². The van der Waals surface area contributed by atoms with Crippen LogP contribution < -0.4 is 5.32 Å². The van der Waals surface area contributed by atoms with Gasteiger partial charge in [-0.2, -0.15) is 4.68 Å². The zero-order valence-electron chi connectivity index (χ0n) is 14.8. The summed E-state index contributed by atoms with van der Waals surface area (Å²) in [5, 5.41) is 15.4. The van der Waals surface area contributed by atoms with Crippen molar-refractivity contribution in [3.8, 4) is 11.4 Å². The number of amides is 1. The molecule has 0 aliphatic rings. The number of benzene rings is 2. The average Bonchev–Trinajstić information content (AvgIpc) is 3.38. The number of carbonyl (C=O) groups is 1. The quantitative estimate of drug-likeness (QED) is 0.460. The lowest BCUT2D eigenvalue weighted by Gasteiger charge is -2.11. The van der Waals surface area contributed by atoms with E-state index in [2.05, 4.69) is 20.8 Å². The summed E-state index contributed by atoms with van der Waals surface area (Å²) >= 11 is 12.1. The molecule has 4 rings (SSSR count). The van der Waals surface area contributed by atoms with Crippen molar-refractivity contribution in [1.82, 2.24) is 20.2 Å². The number of furan rings is 1. The summed E-state index contributed by atoms with van der Waals surface area (Å²) in [7, 11) is 0. The van der Waals surface area contributed by atoms with Crippen LogP contribution >= 0.6 is 23.2 Å². The molecule has 0 aliphatic heterocycles. The number of rotatable bonds is 5. The molecule has 0 spiro atoms. The van der Waals surface area contributed by atoms with Crippen LogP contribution in [0, 0.1) is 0 Å². The Balaban J connectivity index is 1.76. The number of hydrogen-bond donors (Lipinski definition) is 1. The predicted octanol–water partition coefficient (Wildman–Crippen LogP) is 4.88. The summed E-state index contributed by atoms with van der Waals surface area (Å²) in [6, 6.07) is 17.5. The standard InChI is InChI=1S/C20H13Cl2N5O2/c21-14-9-15(22)11-16(10-14)23-20(28)18(12-17-7-4-8-29-17)27-19(24-25-26-27)13-5-2-1-3-6-13/h1-12H,(H,23,28)/b18-12+. The molecule has 144 valence electrons. The molecule has 0 saturated heterocycles. The minimum atomic E-state index is -0.468. The third-order valence-electron chi connectivity index (χ3n) is 3.90. The Labute approximate surface area is 175 Å². The van der Waals surface area contributed by atoms with Gasteiger partial charge >= 0.3 is 0 Å². The number of anilines is 1. The van der Waals surface area contributed by atoms with E-state index in [4.69, 9.17) is 27.6 Å². The van der Waals surface area contributed by atoms with Gasteiger partial charge in [-0.05, 0) is 40.8 Å². The zero-order valence-corrected chi connectivity index (χ0v) is 16.3. The van der Waals surface area contributed by atoms with E-state index in [-0.39, 0.29) is 5.70 Å². The number of tetrazole rings is 1. The van der Waals surface area contributed by atoms with Crippen LogP contribution in [0.5, 0.6) is 0 Å². The maximum atomic E-state index is 13.1. The van der Waals surface area contributed by atoms with Crippen molar-refractivity contribution < 1.29 is 9.21 Å². The van der Waals surface area contributed by atoms with Crippen LogP contribution in [0.3, 0.4) is 0 Å². The van der Waals surface area contributed by atoms with Gasteiger partial charge in [0, 0.05) is 27.4 Å². The molecule has 7 nitrogen and oxygen atoms in total. The second-order valence-electron chi connectivity index (χ2n) is 5.94. The molecule has 0 fully saturated rings. The summed E-state index contributed by atoms with van der Waals surface area (Å²) in [5.41, 5.74) is 1.34. The minimum Gasteiger partial charge on any atom is -0.465 e. The predicted molar refractivity (Wildman–Crippen MR) is 111 cm³/mol. The Bertz CT molecular complexity index is 1150. The van der Waals surface area contributed by atoms with Crippen molar-refractivity contribution >= 4 is 46.6 Å². The van der Waals surface area contributed by atoms with E-state index in [9.17, 15) is 4.79 Å². The van der Waals surface area contributed by atoms with Gasteiger partial charge in [0.15, 0.2) is 5.82 Å². The molecule has 0 bridgehead atoms. The van der Waals surface area contributed by atoms with Gasteiger partial charge in [0.25, 0.3) is 5.91 Å². The van der Waals surface area contributed by atoms with E-state index >= 15 is 0 Å². The average molecular weight is 426 g/mol. The number of carbonyl (C=O) groups excluding carboxylic acids is 1. The zero-order chi connectivity index (χ0) is 20.2. The number of nitrogens with zero attached hydrogens (tertiary/aromatic N) is 4. The molecule has 0 radical (unpaired) electrons. The largest absolute Gasteiger partial charge is 0.465 e. The molecule has 1 N–H and O–H groups in total. The number of nitrogens with one attached hydrogen (secondary N) is 1. The van der Waals surface area contributed by atoms with Crippen molar-refractivity contribution in [3.63, 3.8) is 0 Å². The van der Waals surface area contributed by atoms with Crippen LogP contribution in [0.1, 0.15) is 5.76 Å². The molecule has 2 heterocycles. The van der Waals surface area contributed by atoms with E-state index in [0.717, 1.165) is 5.56 Å². The molecule has 29 heavy (non-hydrogen) atoms. The Morgan fingerprint density at radius 3 is 2.48 bits per heavy atom. The third-order valence-corrected chi connectivity index (χ3v) is 4.34. The highest BCUT2D eigenvalue weighted by molar-refractivity contribution is 6.35. The van der Waals surface area contributed by atoms with Crippen LogP contribution in [-0.4, -0.2) is 26.1 Å². The summed E-state index contributed by atoms with van der Waals surface area (Å²) in [6.45, 7) is 0. The van der Waals surface area contributed by atoms with E-state index in [0.29, 0.717) is 27.3 Å². The molecule has 0 aliphatic carbocycles. The normalized spacial score (nSPS) is 11.4. The number of halogens is 2. The summed E-state index contributed by atoms with van der Waals surface area (Å²) in [6.07, 6.45) is 3.06. The molecule has 2 aromatic carbocycles. The molecular weight excluding hydrogens is 413 g/mol. The van der Waals surface area contributed by atoms with E-state index in [1.807, 2.05) is 30.3 Å². The molecule has 9 heteroatoms. The van der Waals surface area contributed by atoms with Crippen LogP contribution in [0.25, 0.3) is 23.2 Å². The van der Waals surface area contributed by atoms with Gasteiger partial charge < -0.3 is 9.73 Å². The first kappa shape index (κ1) is 18.9. The van der Waals surface area contributed by atoms with Crippen molar-refractivity contribution in [2.24, 2.45) is 0 Å². The Morgan fingerprint density at radius 1 is 1.03 bits per heavy atom. The molecule has 2 aromatic heterocycles. The van der Waals surface area contributed by atoms with Crippen LogP contribution in [0.15, 0.2) is 71.3 Å². The highest BCUT2D eigenvalue weighted by Gasteiger charge is 2.20. The second-order valence-corrected chi connectivity index (χ2v) is 6.81. The first-order chi connectivity index (χ1) is 14.1. The van der Waals surface area contributed by atoms with Crippen molar-refractivity contribution in [2.45, 2.75) is 0 Å². The van der Waals surface area contributed by atoms with Gasteiger partial charge in [-0.25, -0.2) is 0 Å². The van der Waals surface area contributed by atoms with Crippen LogP contribution in [-0.2, 0) is 4.79 Å². The molecule has 0 saturated carbocycles. The number of hydrogen-bond acceptors (Lipinski definition) is 5. The van der Waals surface area contributed by atoms with Crippen LogP contribution in [0.4, 0.5) is 5.69 Å². The van der Waals surface area contributed by atoms with E-state index in [1.165, 1.54) is 10.9 Å². The highest BCUT2D eigenvalue weighted by atomic mass is 35.5. The lowest BCUT2D eigenvalue weighted by molar-refractivity contribution is -0.111. The Hall–Kier alpha value is -3.42. The SMILES string of the molecule is O=C(Nc1cc(Cl)cc(Cl)c1)/C(=C\c1ccco1)n1nnnc1-c1ccccc1. The molecule has 1 amide bonds. The van der Waals surface area contributed by atoms with Gasteiger partial charge in [0.2, 0.25) is 0 Å². The summed E-state index contributed by atoms with van der Waals surface area (Å²) in [5.74, 6) is 0.403. The fourth-order valence-electron chi connectivity index (χ4n) is 2.67. The molecule has 0 unspecified atom stereocenters. The van der Waals surface area contributed by atoms with E-state index in [1.54, 1.807) is 36.4 Å². The topological polar surface area (TPSA) is 85.8 Å². The smallest absolute Gasteiger partial charge is 0.274 e. The monoisotopic (exact) mass is 425 g/mol. The lowest BCUT2D eigenvalue weighted by Crippen LogP contribution is -2.19. The first-order valence-corrected chi connectivity index (χ1v) is 9.22. The summed E-state index contributed by atoms with van der Waals surface area (Å²) in [4.78, 5) is 13.1. The molecule has 4 aromatic rings. The molecular formula is C20H13Cl2N5O2. The second kappa shape index (κ2) is 8.30. The maximum absolute atomic E-state index is 13.1. The fourth-order valence-corrected chi connectivity index (χ4v) is 3.19. The van der Waals surface area contributed by atoms with Crippen molar-refractivity contribution in [3.05, 3.63) is 82.7 Å². The number of aromatic nitrogens is 4. The lowest BCUT2D eigenvalue weighted by atomic mass is 10.2. The van der Waals surface area contributed by atoms with Gasteiger partial charge in [-0.15, -0.1) is 5.10 Å². The molecule has 0 atom stereocenters. The minimum absolute atomic E-state index is 0.153. The van der Waals surface area contributed by atoms with Gasteiger partial charge in [-0.1, -0.05) is 53.5 Å². The maximum Gasteiger partial charge on any atom is 0.274 e. The third kappa shape index (κ3) is 4.37. The fraction of sp³-hybridized carbons (Fsp3) is 0. The highest BCUT2D eigenvalue weighted by Crippen LogP contribution is 2.25. The first-order valence-electron chi connectivity index (χ1n) is 8.47. The Kier molecular flexibility index (Phi) is 5.41. The van der Waals surface area contributed by atoms with E-state index < -0.39 is 5.91 Å². The summed E-state index contributed by atoms with van der Waals surface area (Å²) < 4.78 is 6.71. The van der Waals surface area contributed by atoms with Crippen LogP contribution in [0.2, 0.25) is 10.0 Å². The Morgan fingerprint density at radius 2 is 1.79 bits per heavy atom. The van der Waals surface area contributed by atoms with Gasteiger partial charge in [0.1, 0.15) is 11.5 Å². The van der Waals surface area contributed by atoms with Gasteiger partial charge in [0.05, 0.1) is 6.26 Å².